The molecule has 1 aliphatic rings. The Morgan fingerprint density at radius 3 is 2.32 bits per heavy atom. The number of furan rings is 1. The monoisotopic (exact) mass is 427 g/mol. The summed E-state index contributed by atoms with van der Waals surface area (Å²) < 4.78 is 11.2. The van der Waals surface area contributed by atoms with Crippen LogP contribution in [0.15, 0.2) is 46.4 Å². The number of amides is 1. The SMILES string of the molecule is CCOc1ccc(/C(O)=C2\C(=O)C(=O)N(CC[NH+](CC)CC)[C@@H]2c2ccc(C)o2)cc1. The fourth-order valence-corrected chi connectivity index (χ4v) is 3.92. The first kappa shape index (κ1) is 22.6. The van der Waals surface area contributed by atoms with Crippen LogP contribution in [0.2, 0.25) is 0 Å². The lowest BCUT2D eigenvalue weighted by Gasteiger charge is -2.25. The van der Waals surface area contributed by atoms with E-state index in [1.54, 1.807) is 36.4 Å². The molecule has 1 fully saturated rings. The summed E-state index contributed by atoms with van der Waals surface area (Å²) in [7, 11) is 0. The van der Waals surface area contributed by atoms with Gasteiger partial charge in [0.05, 0.1) is 38.4 Å². The zero-order valence-electron chi connectivity index (χ0n) is 18.6. The van der Waals surface area contributed by atoms with E-state index >= 15 is 0 Å². The molecule has 0 saturated carbocycles. The van der Waals surface area contributed by atoms with Crippen LogP contribution in [0.25, 0.3) is 5.76 Å². The quantitative estimate of drug-likeness (QED) is 0.365. The fraction of sp³-hybridized carbons (Fsp3) is 0.417. The van der Waals surface area contributed by atoms with Gasteiger partial charge in [0.2, 0.25) is 0 Å². The molecule has 31 heavy (non-hydrogen) atoms. The van der Waals surface area contributed by atoms with Crippen LogP contribution in [-0.4, -0.2) is 54.5 Å². The first-order valence-corrected chi connectivity index (χ1v) is 10.8. The molecule has 7 nitrogen and oxygen atoms in total. The molecule has 0 bridgehead atoms. The summed E-state index contributed by atoms with van der Waals surface area (Å²) in [6, 6.07) is 9.61. The van der Waals surface area contributed by atoms with Gasteiger partial charge in [0.15, 0.2) is 0 Å². The molecule has 1 aromatic carbocycles. The number of ether oxygens (including phenoxy) is 1. The Labute approximate surface area is 182 Å². The number of nitrogens with zero attached hydrogens (tertiary/aromatic N) is 1. The normalized spacial score (nSPS) is 18.2. The van der Waals surface area contributed by atoms with Gasteiger partial charge in [0, 0.05) is 5.56 Å². The topological polar surface area (TPSA) is 84.4 Å². The number of nitrogens with one attached hydrogen (secondary N) is 1. The zero-order valence-corrected chi connectivity index (χ0v) is 18.6. The van der Waals surface area contributed by atoms with Gasteiger partial charge in [0.1, 0.15) is 29.1 Å². The second-order valence-electron chi connectivity index (χ2n) is 7.61. The van der Waals surface area contributed by atoms with E-state index < -0.39 is 17.7 Å². The van der Waals surface area contributed by atoms with E-state index in [2.05, 4.69) is 13.8 Å². The predicted molar refractivity (Wildman–Crippen MR) is 117 cm³/mol. The van der Waals surface area contributed by atoms with Crippen LogP contribution in [-0.2, 0) is 9.59 Å². The summed E-state index contributed by atoms with van der Waals surface area (Å²) in [6.45, 7) is 11.4. The van der Waals surface area contributed by atoms with Gasteiger partial charge in [-0.3, -0.25) is 9.59 Å². The van der Waals surface area contributed by atoms with Crippen molar-refractivity contribution in [2.45, 2.75) is 33.7 Å². The van der Waals surface area contributed by atoms with E-state index in [1.165, 1.54) is 9.80 Å². The average Bonchev–Trinajstić information content (AvgIpc) is 3.30. The molecule has 7 heteroatoms. The highest BCUT2D eigenvalue weighted by Gasteiger charge is 2.47. The Kier molecular flexibility index (Phi) is 7.17. The Balaban J connectivity index is 2.03. The summed E-state index contributed by atoms with van der Waals surface area (Å²) in [6.07, 6.45) is 0. The number of likely N-dealkylation sites (N-methyl/N-ethyl adjacent to an activating group) is 1. The van der Waals surface area contributed by atoms with Crippen molar-refractivity contribution in [3.63, 3.8) is 0 Å². The van der Waals surface area contributed by atoms with Gasteiger partial charge in [-0.2, -0.15) is 0 Å². The van der Waals surface area contributed by atoms with Crippen molar-refractivity contribution in [3.8, 4) is 5.75 Å². The lowest BCUT2D eigenvalue weighted by molar-refractivity contribution is -0.895. The van der Waals surface area contributed by atoms with Crippen LogP contribution in [0.4, 0.5) is 0 Å². The molecule has 0 spiro atoms. The van der Waals surface area contributed by atoms with Gasteiger partial charge in [-0.1, -0.05) is 0 Å². The first-order chi connectivity index (χ1) is 14.9. The Morgan fingerprint density at radius 2 is 1.77 bits per heavy atom. The third-order valence-electron chi connectivity index (χ3n) is 5.72. The molecule has 0 unspecified atom stereocenters. The molecule has 1 amide bonds. The van der Waals surface area contributed by atoms with Crippen LogP contribution in [0, 0.1) is 6.92 Å². The number of likely N-dealkylation sites (tertiary alicyclic amines) is 1. The summed E-state index contributed by atoms with van der Waals surface area (Å²) in [5.74, 6) is 0.297. The van der Waals surface area contributed by atoms with Gasteiger partial charge < -0.3 is 24.1 Å². The van der Waals surface area contributed by atoms with Crippen molar-refractivity contribution in [2.24, 2.45) is 0 Å². The molecule has 1 aromatic heterocycles. The van der Waals surface area contributed by atoms with Crippen molar-refractivity contribution in [1.29, 1.82) is 0 Å². The second kappa shape index (κ2) is 9.83. The number of rotatable bonds is 9. The van der Waals surface area contributed by atoms with Crippen molar-refractivity contribution in [3.05, 3.63) is 59.1 Å². The molecule has 1 aliphatic heterocycles. The minimum absolute atomic E-state index is 0.0538. The molecule has 2 heterocycles. The van der Waals surface area contributed by atoms with E-state index in [-0.39, 0.29) is 11.3 Å². The highest BCUT2D eigenvalue weighted by Crippen LogP contribution is 2.39. The summed E-state index contributed by atoms with van der Waals surface area (Å²) in [4.78, 5) is 28.8. The Bertz CT molecular complexity index is 957. The molecule has 3 rings (SSSR count). The van der Waals surface area contributed by atoms with Crippen LogP contribution in [0.1, 0.15) is 43.9 Å². The Hall–Kier alpha value is -3.06. The number of hydrogen-bond donors (Lipinski definition) is 2. The lowest BCUT2D eigenvalue weighted by atomic mass is 9.99. The van der Waals surface area contributed by atoms with Gasteiger partial charge in [0.25, 0.3) is 11.7 Å². The number of aliphatic hydroxyl groups is 1. The van der Waals surface area contributed by atoms with E-state index in [0.29, 0.717) is 42.5 Å². The molecular weight excluding hydrogens is 396 g/mol. The highest BCUT2D eigenvalue weighted by atomic mass is 16.5. The zero-order chi connectivity index (χ0) is 22.5. The highest BCUT2D eigenvalue weighted by molar-refractivity contribution is 6.46. The standard InChI is InChI=1S/C24H30N2O5/c1-5-25(6-2)14-15-26-21(19-13-8-16(4)31-19)20(23(28)24(26)29)22(27)17-9-11-18(12-10-17)30-7-3/h8-13,21,27H,5-7,14-15H2,1-4H3/p+1/b22-20+/t21-/m1/s1. The number of aliphatic hydroxyl groups excluding tert-OH is 1. The number of carbonyl (C=O) groups is 2. The minimum Gasteiger partial charge on any atom is -0.507 e. The molecule has 1 saturated heterocycles. The number of benzene rings is 1. The molecule has 2 aromatic rings. The number of aryl methyl sites for hydroxylation is 1. The second-order valence-corrected chi connectivity index (χ2v) is 7.61. The summed E-state index contributed by atoms with van der Waals surface area (Å²) in [5, 5.41) is 11.0. The third kappa shape index (κ3) is 4.66. The third-order valence-corrected chi connectivity index (χ3v) is 5.72. The van der Waals surface area contributed by atoms with Gasteiger partial charge in [-0.15, -0.1) is 0 Å². The van der Waals surface area contributed by atoms with Crippen LogP contribution in [0.5, 0.6) is 5.75 Å². The van der Waals surface area contributed by atoms with E-state index in [1.807, 2.05) is 13.8 Å². The lowest BCUT2D eigenvalue weighted by Crippen LogP contribution is -3.12. The van der Waals surface area contributed by atoms with E-state index in [9.17, 15) is 14.7 Å². The number of carbonyl (C=O) groups excluding carboxylic acids is 2. The van der Waals surface area contributed by atoms with E-state index in [0.717, 1.165) is 13.1 Å². The number of quaternary nitrogens is 1. The molecule has 2 N–H and O–H groups in total. The summed E-state index contributed by atoms with van der Waals surface area (Å²) >= 11 is 0. The van der Waals surface area contributed by atoms with Gasteiger partial charge in [-0.25, -0.2) is 0 Å². The van der Waals surface area contributed by atoms with Crippen LogP contribution < -0.4 is 9.64 Å². The molecule has 0 aliphatic carbocycles. The largest absolute Gasteiger partial charge is 0.507 e. The summed E-state index contributed by atoms with van der Waals surface area (Å²) in [5.41, 5.74) is 0.502. The number of hydrogen-bond acceptors (Lipinski definition) is 5. The predicted octanol–water partition coefficient (Wildman–Crippen LogP) is 2.33. The van der Waals surface area contributed by atoms with Crippen molar-refractivity contribution < 1.29 is 28.7 Å². The van der Waals surface area contributed by atoms with Crippen LogP contribution >= 0.6 is 0 Å². The van der Waals surface area contributed by atoms with Gasteiger partial charge >= 0.3 is 0 Å². The molecule has 0 radical (unpaired) electrons. The van der Waals surface area contributed by atoms with Crippen molar-refractivity contribution >= 4 is 17.4 Å². The first-order valence-electron chi connectivity index (χ1n) is 10.8. The number of ketones is 1. The maximum absolute atomic E-state index is 13.0. The van der Waals surface area contributed by atoms with Crippen LogP contribution in [0.3, 0.4) is 0 Å². The smallest absolute Gasteiger partial charge is 0.295 e. The van der Waals surface area contributed by atoms with Crippen molar-refractivity contribution in [1.82, 2.24) is 4.90 Å². The molecule has 166 valence electrons. The fourth-order valence-electron chi connectivity index (χ4n) is 3.92. The number of Topliss-reactive ketones (excluding diaryl/α,β-unsaturated/α-hetero) is 1. The maximum Gasteiger partial charge on any atom is 0.295 e. The van der Waals surface area contributed by atoms with E-state index in [4.69, 9.17) is 9.15 Å². The molecular formula is C24H31N2O5+. The van der Waals surface area contributed by atoms with Gasteiger partial charge in [-0.05, 0) is 64.1 Å². The molecule has 1 atom stereocenters. The van der Waals surface area contributed by atoms with Crippen molar-refractivity contribution in [2.75, 3.05) is 32.8 Å². The Morgan fingerprint density at radius 1 is 1.10 bits per heavy atom. The average molecular weight is 428 g/mol. The maximum atomic E-state index is 13.0. The minimum atomic E-state index is -0.754.